The first kappa shape index (κ1) is 21.6. The number of aliphatic hydroxyl groups excluding tert-OH is 1. The number of thiophene rings is 1. The summed E-state index contributed by atoms with van der Waals surface area (Å²) in [5.74, 6) is 0.561. The number of aromatic nitrogens is 2. The Morgan fingerprint density at radius 1 is 1.42 bits per heavy atom. The molecule has 9 heteroatoms. The van der Waals surface area contributed by atoms with E-state index >= 15 is 0 Å². The van der Waals surface area contributed by atoms with Crippen molar-refractivity contribution in [3.63, 3.8) is 0 Å². The molecule has 0 unspecified atom stereocenters. The molecule has 1 aliphatic heterocycles. The molecule has 1 saturated heterocycles. The van der Waals surface area contributed by atoms with E-state index in [4.69, 9.17) is 16.9 Å². The molecule has 0 bridgehead atoms. The quantitative estimate of drug-likeness (QED) is 0.363. The van der Waals surface area contributed by atoms with E-state index in [1.54, 1.807) is 12.3 Å². The second-order valence-electron chi connectivity index (χ2n) is 8.65. The van der Waals surface area contributed by atoms with Crippen LogP contribution in [0.15, 0.2) is 18.3 Å². The highest BCUT2D eigenvalue weighted by Gasteiger charge is 2.39. The Morgan fingerprint density at radius 3 is 3.03 bits per heavy atom. The standard InChI is InChI=1S/C22H31N7OS/c1-13-12-26-8-4-10-29(13)21-27-9-6-14(28-21)15(30)11-17(23)22(2)7-3-5-16-18(22)19(24)20(25)31-16/h6,9,11,13,23,26,30H,3-5,7-8,10,12,24-25H2,1-2H3/b15-11-,23-17?/t13-,22+/m0/s1. The van der Waals surface area contributed by atoms with Crippen LogP contribution in [0, 0.1) is 5.41 Å². The molecule has 0 radical (unpaired) electrons. The smallest absolute Gasteiger partial charge is 0.226 e. The maximum Gasteiger partial charge on any atom is 0.226 e. The molecule has 0 aromatic carbocycles. The molecule has 4 rings (SSSR count). The summed E-state index contributed by atoms with van der Waals surface area (Å²) in [6, 6.07) is 1.93. The lowest BCUT2D eigenvalue weighted by Crippen LogP contribution is -2.38. The van der Waals surface area contributed by atoms with Crippen LogP contribution in [0.5, 0.6) is 0 Å². The van der Waals surface area contributed by atoms with Crippen molar-refractivity contribution >= 4 is 39.4 Å². The zero-order chi connectivity index (χ0) is 22.2. The van der Waals surface area contributed by atoms with E-state index in [2.05, 4.69) is 27.1 Å². The number of nitrogens with zero attached hydrogens (tertiary/aromatic N) is 3. The van der Waals surface area contributed by atoms with Gasteiger partial charge < -0.3 is 32.2 Å². The Hall–Kier alpha value is -2.65. The van der Waals surface area contributed by atoms with Crippen LogP contribution in [0.25, 0.3) is 5.76 Å². The summed E-state index contributed by atoms with van der Waals surface area (Å²) in [6.07, 6.45) is 6.85. The molecule has 31 heavy (non-hydrogen) atoms. The number of rotatable bonds is 4. The average molecular weight is 442 g/mol. The predicted molar refractivity (Wildman–Crippen MR) is 128 cm³/mol. The molecule has 2 atom stereocenters. The molecule has 166 valence electrons. The molecule has 0 amide bonds. The highest BCUT2D eigenvalue weighted by molar-refractivity contribution is 7.16. The van der Waals surface area contributed by atoms with Gasteiger partial charge in [-0.2, -0.15) is 0 Å². The summed E-state index contributed by atoms with van der Waals surface area (Å²) < 4.78 is 0. The maximum absolute atomic E-state index is 10.8. The first-order valence-corrected chi connectivity index (χ1v) is 11.6. The maximum atomic E-state index is 10.8. The number of aliphatic hydroxyl groups is 1. The van der Waals surface area contributed by atoms with Crippen LogP contribution in [0.3, 0.4) is 0 Å². The summed E-state index contributed by atoms with van der Waals surface area (Å²) in [6.45, 7) is 6.85. The Labute approximate surface area is 186 Å². The van der Waals surface area contributed by atoms with Gasteiger partial charge in [0.2, 0.25) is 5.95 Å². The molecule has 2 aliphatic rings. The van der Waals surface area contributed by atoms with Crippen molar-refractivity contribution in [2.24, 2.45) is 0 Å². The van der Waals surface area contributed by atoms with Crippen molar-refractivity contribution in [2.75, 3.05) is 36.0 Å². The van der Waals surface area contributed by atoms with Crippen molar-refractivity contribution in [1.29, 1.82) is 5.41 Å². The first-order valence-electron chi connectivity index (χ1n) is 10.8. The summed E-state index contributed by atoms with van der Waals surface area (Å²) in [7, 11) is 0. The van der Waals surface area contributed by atoms with Gasteiger partial charge in [-0.1, -0.05) is 0 Å². The lowest BCUT2D eigenvalue weighted by molar-refractivity contribution is 0.501. The fourth-order valence-corrected chi connectivity index (χ4v) is 5.76. The fraction of sp³-hybridized carbons (Fsp3) is 0.500. The summed E-state index contributed by atoms with van der Waals surface area (Å²) in [5, 5.41) is 23.7. The summed E-state index contributed by atoms with van der Waals surface area (Å²) in [4.78, 5) is 12.3. The second-order valence-corrected chi connectivity index (χ2v) is 9.79. The van der Waals surface area contributed by atoms with E-state index in [-0.39, 0.29) is 11.8 Å². The van der Waals surface area contributed by atoms with E-state index in [1.165, 1.54) is 17.4 Å². The lowest BCUT2D eigenvalue weighted by Gasteiger charge is -2.34. The van der Waals surface area contributed by atoms with Gasteiger partial charge in [-0.15, -0.1) is 11.3 Å². The SMILES string of the molecule is C[C@H]1CNCCCN1c1nccc(/C(O)=C/C(=N)[C@@]2(C)CCCc3sc(N)c(N)c32)n1. The molecule has 7 N–H and O–H groups in total. The van der Waals surface area contributed by atoms with Gasteiger partial charge in [0.05, 0.1) is 5.69 Å². The highest BCUT2D eigenvalue weighted by Crippen LogP contribution is 2.48. The Kier molecular flexibility index (Phi) is 5.90. The van der Waals surface area contributed by atoms with Crippen molar-refractivity contribution in [3.8, 4) is 0 Å². The van der Waals surface area contributed by atoms with Crippen LogP contribution < -0.4 is 21.7 Å². The number of anilines is 3. The van der Waals surface area contributed by atoms with Gasteiger partial charge in [0.15, 0.2) is 0 Å². The van der Waals surface area contributed by atoms with Crippen LogP contribution in [0.4, 0.5) is 16.6 Å². The monoisotopic (exact) mass is 441 g/mol. The van der Waals surface area contributed by atoms with Crippen molar-refractivity contribution in [1.82, 2.24) is 15.3 Å². The molecule has 3 heterocycles. The van der Waals surface area contributed by atoms with Gasteiger partial charge in [-0.05, 0) is 52.1 Å². The van der Waals surface area contributed by atoms with Gasteiger partial charge in [-0.25, -0.2) is 9.97 Å². The van der Waals surface area contributed by atoms with Crippen LogP contribution >= 0.6 is 11.3 Å². The molecule has 1 aliphatic carbocycles. The number of hydrogen-bond acceptors (Lipinski definition) is 9. The second kappa shape index (κ2) is 8.47. The normalized spacial score (nSPS) is 24.5. The van der Waals surface area contributed by atoms with Gasteiger partial charge in [0, 0.05) is 53.0 Å². The minimum Gasteiger partial charge on any atom is -0.506 e. The lowest BCUT2D eigenvalue weighted by atomic mass is 9.70. The number of fused-ring (bicyclic) bond motifs is 1. The number of allylic oxidation sites excluding steroid dienone is 1. The largest absolute Gasteiger partial charge is 0.506 e. The topological polar surface area (TPSA) is 137 Å². The minimum absolute atomic E-state index is 0.0376. The molecular weight excluding hydrogens is 410 g/mol. The zero-order valence-corrected chi connectivity index (χ0v) is 18.9. The molecule has 2 aromatic heterocycles. The van der Waals surface area contributed by atoms with Crippen LogP contribution in [0.1, 0.15) is 49.2 Å². The Balaban J connectivity index is 1.63. The summed E-state index contributed by atoms with van der Waals surface area (Å²) >= 11 is 1.51. The van der Waals surface area contributed by atoms with E-state index < -0.39 is 5.41 Å². The number of aryl methyl sites for hydroxylation is 1. The molecule has 0 spiro atoms. The molecule has 2 aromatic rings. The average Bonchev–Trinajstić information content (AvgIpc) is 2.90. The van der Waals surface area contributed by atoms with Crippen molar-refractivity contribution < 1.29 is 5.11 Å². The van der Waals surface area contributed by atoms with Gasteiger partial charge in [0.1, 0.15) is 16.5 Å². The third kappa shape index (κ3) is 3.99. The third-order valence-corrected chi connectivity index (χ3v) is 7.54. The highest BCUT2D eigenvalue weighted by atomic mass is 32.1. The van der Waals surface area contributed by atoms with Gasteiger partial charge in [-0.3, -0.25) is 0 Å². The minimum atomic E-state index is -0.583. The Morgan fingerprint density at radius 2 is 2.23 bits per heavy atom. The third-order valence-electron chi connectivity index (χ3n) is 6.44. The fourth-order valence-electron chi connectivity index (χ4n) is 4.60. The van der Waals surface area contributed by atoms with E-state index in [0.29, 0.717) is 28.0 Å². The summed E-state index contributed by atoms with van der Waals surface area (Å²) in [5.41, 5.74) is 14.0. The first-order chi connectivity index (χ1) is 14.8. The van der Waals surface area contributed by atoms with Gasteiger partial charge >= 0.3 is 0 Å². The predicted octanol–water partition coefficient (Wildman–Crippen LogP) is 3.10. The Bertz CT molecular complexity index is 1020. The van der Waals surface area contributed by atoms with Crippen molar-refractivity contribution in [3.05, 3.63) is 34.5 Å². The number of nitrogens with one attached hydrogen (secondary N) is 2. The van der Waals surface area contributed by atoms with Crippen LogP contribution in [-0.2, 0) is 11.8 Å². The van der Waals surface area contributed by atoms with E-state index in [9.17, 15) is 5.11 Å². The van der Waals surface area contributed by atoms with Crippen LogP contribution in [-0.4, -0.2) is 46.5 Å². The zero-order valence-electron chi connectivity index (χ0n) is 18.1. The van der Waals surface area contributed by atoms with Crippen LogP contribution in [0.2, 0.25) is 0 Å². The molecule has 0 saturated carbocycles. The molecule has 1 fully saturated rings. The number of hydrogen-bond donors (Lipinski definition) is 5. The van der Waals surface area contributed by atoms with Gasteiger partial charge in [0.25, 0.3) is 0 Å². The van der Waals surface area contributed by atoms with E-state index in [1.807, 2.05) is 6.92 Å². The number of nitrogens with two attached hydrogens (primary N) is 2. The molecule has 8 nitrogen and oxygen atoms in total. The van der Waals surface area contributed by atoms with E-state index in [0.717, 1.165) is 55.8 Å². The number of nitrogen functional groups attached to an aromatic ring is 2. The van der Waals surface area contributed by atoms with Crippen molar-refractivity contribution in [2.45, 2.75) is 51.0 Å². The molecular formula is C22H31N7OS.